The highest BCUT2D eigenvalue weighted by atomic mass is 16.5. The van der Waals surface area contributed by atoms with E-state index >= 15 is 0 Å². The second-order valence-electron chi connectivity index (χ2n) is 5.51. The number of esters is 1. The molecule has 0 spiro atoms. The van der Waals surface area contributed by atoms with E-state index in [0.717, 1.165) is 19.3 Å². The second-order valence-corrected chi connectivity index (χ2v) is 5.51. The summed E-state index contributed by atoms with van der Waals surface area (Å²) in [7, 11) is 1.35. The van der Waals surface area contributed by atoms with Crippen molar-refractivity contribution in [3.8, 4) is 0 Å². The molecular weight excluding hydrogens is 234 g/mol. The third-order valence-corrected chi connectivity index (χ3v) is 4.03. The number of carbonyl (C=O) groups is 2. The maximum Gasteiger partial charge on any atom is 0.331 e. The van der Waals surface area contributed by atoms with Crippen LogP contribution in [0.5, 0.6) is 0 Å². The van der Waals surface area contributed by atoms with Crippen LogP contribution in [0.3, 0.4) is 0 Å². The van der Waals surface area contributed by atoms with E-state index in [0.29, 0.717) is 6.61 Å². The molecule has 5 nitrogen and oxygen atoms in total. The van der Waals surface area contributed by atoms with E-state index in [1.165, 1.54) is 7.11 Å². The largest absolute Gasteiger partial charge is 0.467 e. The Kier molecular flexibility index (Phi) is 3.61. The van der Waals surface area contributed by atoms with Gasteiger partial charge < -0.3 is 14.8 Å². The maximum absolute atomic E-state index is 12.2. The van der Waals surface area contributed by atoms with Crippen molar-refractivity contribution in [3.05, 3.63) is 0 Å². The van der Waals surface area contributed by atoms with Gasteiger partial charge in [0.25, 0.3) is 0 Å². The third kappa shape index (κ3) is 2.36. The summed E-state index contributed by atoms with van der Waals surface area (Å²) in [6, 6.07) is 0. The molecule has 2 aliphatic rings. The van der Waals surface area contributed by atoms with E-state index in [9.17, 15) is 9.59 Å². The fourth-order valence-electron chi connectivity index (χ4n) is 2.55. The molecule has 1 aliphatic carbocycles. The van der Waals surface area contributed by atoms with Gasteiger partial charge in [-0.1, -0.05) is 6.92 Å². The predicted molar refractivity (Wildman–Crippen MR) is 64.8 cm³/mol. The van der Waals surface area contributed by atoms with Crippen molar-refractivity contribution >= 4 is 11.9 Å². The first kappa shape index (κ1) is 13.3. The second kappa shape index (κ2) is 4.88. The lowest BCUT2D eigenvalue weighted by atomic mass is 9.94. The summed E-state index contributed by atoms with van der Waals surface area (Å²) in [6.45, 7) is 4.34. The van der Waals surface area contributed by atoms with Crippen LogP contribution in [0, 0.1) is 11.8 Å². The standard InChI is InChI=1S/C13H21NO4/c1-8-6-7-18-10(8)11(15)14-13(2,9-4-5-9)12(16)17-3/h8-10H,4-7H2,1-3H3,(H,14,15)/t8-,10+,13+/m0/s1. The van der Waals surface area contributed by atoms with Gasteiger partial charge in [-0.2, -0.15) is 0 Å². The summed E-state index contributed by atoms with van der Waals surface area (Å²) < 4.78 is 10.2. The van der Waals surface area contributed by atoms with E-state index in [-0.39, 0.29) is 23.7 Å². The van der Waals surface area contributed by atoms with Gasteiger partial charge >= 0.3 is 5.97 Å². The number of carbonyl (C=O) groups excluding carboxylic acids is 2. The Balaban J connectivity index is 2.05. The van der Waals surface area contributed by atoms with E-state index < -0.39 is 11.6 Å². The minimum absolute atomic E-state index is 0.186. The highest BCUT2D eigenvalue weighted by molar-refractivity contribution is 5.90. The molecule has 2 rings (SSSR count). The molecule has 1 amide bonds. The third-order valence-electron chi connectivity index (χ3n) is 4.03. The number of methoxy groups -OCH3 is 1. The minimum Gasteiger partial charge on any atom is -0.467 e. The fraction of sp³-hybridized carbons (Fsp3) is 0.846. The summed E-state index contributed by atoms with van der Waals surface area (Å²) in [5.74, 6) is -0.180. The molecule has 102 valence electrons. The van der Waals surface area contributed by atoms with Crippen molar-refractivity contribution in [2.75, 3.05) is 13.7 Å². The Labute approximate surface area is 107 Å². The Bertz CT molecular complexity index is 353. The summed E-state index contributed by atoms with van der Waals surface area (Å²) in [4.78, 5) is 24.0. The van der Waals surface area contributed by atoms with Gasteiger partial charge in [0.05, 0.1) is 7.11 Å². The van der Waals surface area contributed by atoms with Crippen molar-refractivity contribution < 1.29 is 19.1 Å². The highest BCUT2D eigenvalue weighted by Gasteiger charge is 2.50. The molecule has 0 aromatic heterocycles. The first-order valence-electron chi connectivity index (χ1n) is 6.51. The quantitative estimate of drug-likeness (QED) is 0.757. The van der Waals surface area contributed by atoms with Crippen LogP contribution < -0.4 is 5.32 Å². The van der Waals surface area contributed by atoms with Crippen LogP contribution in [-0.2, 0) is 19.1 Å². The monoisotopic (exact) mass is 255 g/mol. The number of hydrogen-bond donors (Lipinski definition) is 1. The Morgan fingerprint density at radius 3 is 2.44 bits per heavy atom. The van der Waals surface area contributed by atoms with Crippen molar-refractivity contribution in [1.82, 2.24) is 5.32 Å². The van der Waals surface area contributed by atoms with Gasteiger partial charge in [0.2, 0.25) is 5.91 Å². The smallest absolute Gasteiger partial charge is 0.331 e. The van der Waals surface area contributed by atoms with Crippen molar-refractivity contribution in [1.29, 1.82) is 0 Å². The van der Waals surface area contributed by atoms with Gasteiger partial charge in [0.15, 0.2) is 0 Å². The number of amides is 1. The molecule has 0 bridgehead atoms. The zero-order valence-electron chi connectivity index (χ0n) is 11.2. The SMILES string of the molecule is COC(=O)[C@](C)(NC(=O)[C@@H]1OCC[C@@H]1C)C1CC1. The molecule has 0 unspecified atom stereocenters. The molecule has 0 aromatic rings. The molecule has 0 aromatic carbocycles. The Morgan fingerprint density at radius 1 is 1.33 bits per heavy atom. The number of ether oxygens (including phenoxy) is 2. The van der Waals surface area contributed by atoms with Crippen molar-refractivity contribution in [3.63, 3.8) is 0 Å². The Morgan fingerprint density at radius 2 is 2.00 bits per heavy atom. The first-order valence-corrected chi connectivity index (χ1v) is 6.51. The van der Waals surface area contributed by atoms with Gasteiger partial charge in [-0.3, -0.25) is 4.79 Å². The topological polar surface area (TPSA) is 64.6 Å². The molecule has 2 fully saturated rings. The summed E-state index contributed by atoms with van der Waals surface area (Å²) >= 11 is 0. The molecule has 1 heterocycles. The summed E-state index contributed by atoms with van der Waals surface area (Å²) in [5.41, 5.74) is -0.905. The molecule has 3 atom stereocenters. The molecule has 1 saturated carbocycles. The van der Waals surface area contributed by atoms with E-state index in [1.54, 1.807) is 6.92 Å². The van der Waals surface area contributed by atoms with E-state index in [1.807, 2.05) is 6.92 Å². The van der Waals surface area contributed by atoms with Crippen LogP contribution in [-0.4, -0.2) is 37.2 Å². The average Bonchev–Trinajstić information content (AvgIpc) is 3.11. The van der Waals surface area contributed by atoms with Crippen LogP contribution in [0.2, 0.25) is 0 Å². The summed E-state index contributed by atoms with van der Waals surface area (Å²) in [6.07, 6.45) is 2.35. The van der Waals surface area contributed by atoms with Crippen molar-refractivity contribution in [2.45, 2.75) is 44.8 Å². The number of rotatable bonds is 4. The van der Waals surface area contributed by atoms with Crippen LogP contribution in [0.1, 0.15) is 33.1 Å². The highest BCUT2D eigenvalue weighted by Crippen LogP contribution is 2.40. The van der Waals surface area contributed by atoms with Crippen molar-refractivity contribution in [2.24, 2.45) is 11.8 Å². The molecular formula is C13H21NO4. The first-order chi connectivity index (χ1) is 8.49. The molecule has 0 radical (unpaired) electrons. The van der Waals surface area contributed by atoms with Crippen LogP contribution in [0.15, 0.2) is 0 Å². The normalized spacial score (nSPS) is 30.6. The van der Waals surface area contributed by atoms with E-state index in [4.69, 9.17) is 9.47 Å². The molecule has 1 aliphatic heterocycles. The number of nitrogens with one attached hydrogen (secondary N) is 1. The summed E-state index contributed by atoms with van der Waals surface area (Å²) in [5, 5.41) is 2.84. The molecule has 5 heteroatoms. The van der Waals surface area contributed by atoms with Gasteiger partial charge in [-0.15, -0.1) is 0 Å². The maximum atomic E-state index is 12.2. The lowest BCUT2D eigenvalue weighted by Crippen LogP contribution is -2.57. The van der Waals surface area contributed by atoms with Gasteiger partial charge in [-0.25, -0.2) is 4.79 Å². The Hall–Kier alpha value is -1.10. The van der Waals surface area contributed by atoms with Crippen LogP contribution >= 0.6 is 0 Å². The average molecular weight is 255 g/mol. The van der Waals surface area contributed by atoms with Gasteiger partial charge in [-0.05, 0) is 38.0 Å². The van der Waals surface area contributed by atoms with Gasteiger partial charge in [0, 0.05) is 6.61 Å². The van der Waals surface area contributed by atoms with Crippen LogP contribution in [0.4, 0.5) is 0 Å². The van der Waals surface area contributed by atoms with Crippen LogP contribution in [0.25, 0.3) is 0 Å². The molecule has 1 saturated heterocycles. The van der Waals surface area contributed by atoms with Gasteiger partial charge in [0.1, 0.15) is 11.6 Å². The lowest BCUT2D eigenvalue weighted by Gasteiger charge is -2.29. The molecule has 1 N–H and O–H groups in total. The fourth-order valence-corrected chi connectivity index (χ4v) is 2.55. The predicted octanol–water partition coefficient (Wildman–Crippen LogP) is 0.869. The van der Waals surface area contributed by atoms with E-state index in [2.05, 4.69) is 5.32 Å². The lowest BCUT2D eigenvalue weighted by molar-refractivity contribution is -0.153. The minimum atomic E-state index is -0.905. The molecule has 18 heavy (non-hydrogen) atoms. The number of hydrogen-bond acceptors (Lipinski definition) is 4. The zero-order chi connectivity index (χ0) is 13.3. The zero-order valence-corrected chi connectivity index (χ0v) is 11.2.